The summed E-state index contributed by atoms with van der Waals surface area (Å²) < 4.78 is 14.0. The van der Waals surface area contributed by atoms with Gasteiger partial charge in [0.05, 0.1) is 0 Å². The van der Waals surface area contributed by atoms with Gasteiger partial charge in [-0.25, -0.2) is 0 Å². The van der Waals surface area contributed by atoms with E-state index < -0.39 is 7.14 Å². The molecule has 1 atom stereocenters. The molecule has 0 saturated heterocycles. The predicted molar refractivity (Wildman–Crippen MR) is 117 cm³/mol. The van der Waals surface area contributed by atoms with Crippen molar-refractivity contribution in [1.29, 1.82) is 0 Å². The van der Waals surface area contributed by atoms with Crippen molar-refractivity contribution < 1.29 is 4.57 Å². The van der Waals surface area contributed by atoms with Crippen LogP contribution in [0.1, 0.15) is 0 Å². The molecule has 0 aromatic heterocycles. The fourth-order valence-corrected chi connectivity index (χ4v) is 5.58. The summed E-state index contributed by atoms with van der Waals surface area (Å²) in [7, 11) is -2.75. The van der Waals surface area contributed by atoms with Crippen molar-refractivity contribution in [3.8, 4) is 22.3 Å². The van der Waals surface area contributed by atoms with Crippen molar-refractivity contribution >= 4 is 17.8 Å². The van der Waals surface area contributed by atoms with Crippen LogP contribution in [0.2, 0.25) is 0 Å². The topological polar surface area (TPSA) is 17.1 Å². The second-order valence-corrected chi connectivity index (χ2v) is 9.54. The molecule has 0 bridgehead atoms. The summed E-state index contributed by atoms with van der Waals surface area (Å²) >= 11 is 0. The van der Waals surface area contributed by atoms with Gasteiger partial charge in [0.15, 0.2) is 0 Å². The van der Waals surface area contributed by atoms with Crippen LogP contribution in [-0.2, 0) is 4.57 Å². The van der Waals surface area contributed by atoms with Crippen LogP contribution in [0, 0.1) is 0 Å². The zero-order valence-corrected chi connectivity index (χ0v) is 16.1. The molecule has 132 valence electrons. The van der Waals surface area contributed by atoms with Crippen LogP contribution in [0.15, 0.2) is 109 Å². The van der Waals surface area contributed by atoms with E-state index in [0.717, 1.165) is 32.9 Å². The van der Waals surface area contributed by atoms with Crippen molar-refractivity contribution in [2.75, 3.05) is 6.66 Å². The van der Waals surface area contributed by atoms with E-state index in [4.69, 9.17) is 0 Å². The smallest absolute Gasteiger partial charge is 0.140 e. The molecule has 0 saturated carbocycles. The maximum Gasteiger partial charge on any atom is 0.140 e. The Balaban J connectivity index is 2.02. The van der Waals surface area contributed by atoms with Gasteiger partial charge in [0, 0.05) is 16.2 Å². The highest BCUT2D eigenvalue weighted by Crippen LogP contribution is 2.44. The van der Waals surface area contributed by atoms with Gasteiger partial charge in [-0.3, -0.25) is 0 Å². The van der Waals surface area contributed by atoms with Gasteiger partial charge < -0.3 is 4.57 Å². The molecule has 1 nitrogen and oxygen atoms in total. The first-order chi connectivity index (χ1) is 13.2. The maximum atomic E-state index is 14.0. The molecule has 27 heavy (non-hydrogen) atoms. The molecule has 0 radical (unpaired) electrons. The standard InChI is InChI=1S/C25H21OP/c1-27(26,22-16-9-4-10-17-22)24-19-11-18-23(20-12-5-2-6-13-20)25(24)21-14-7-3-8-15-21/h2-19H,1H3. The van der Waals surface area contributed by atoms with E-state index in [0.29, 0.717) is 0 Å². The summed E-state index contributed by atoms with van der Waals surface area (Å²) in [5.41, 5.74) is 4.38. The van der Waals surface area contributed by atoms with Crippen molar-refractivity contribution in [2.45, 2.75) is 0 Å². The van der Waals surface area contributed by atoms with Crippen molar-refractivity contribution in [2.24, 2.45) is 0 Å². The second-order valence-electron chi connectivity index (χ2n) is 6.69. The molecule has 0 spiro atoms. The zero-order valence-electron chi connectivity index (χ0n) is 15.2. The van der Waals surface area contributed by atoms with Gasteiger partial charge in [-0.2, -0.15) is 0 Å². The van der Waals surface area contributed by atoms with Crippen molar-refractivity contribution in [3.05, 3.63) is 109 Å². The van der Waals surface area contributed by atoms with E-state index >= 15 is 0 Å². The average molecular weight is 368 g/mol. The van der Waals surface area contributed by atoms with Crippen LogP contribution < -0.4 is 10.6 Å². The van der Waals surface area contributed by atoms with E-state index in [-0.39, 0.29) is 0 Å². The largest absolute Gasteiger partial charge is 0.314 e. The highest BCUT2D eigenvalue weighted by molar-refractivity contribution is 7.78. The van der Waals surface area contributed by atoms with Crippen LogP contribution in [0.4, 0.5) is 0 Å². The van der Waals surface area contributed by atoms with E-state index in [1.54, 1.807) is 0 Å². The summed E-state index contributed by atoms with van der Waals surface area (Å²) in [5.74, 6) is 0. The Morgan fingerprint density at radius 3 is 1.67 bits per heavy atom. The predicted octanol–water partition coefficient (Wildman–Crippen LogP) is 5.96. The van der Waals surface area contributed by atoms with E-state index in [1.165, 1.54) is 0 Å². The Bertz CT molecular complexity index is 1090. The average Bonchev–Trinajstić information content (AvgIpc) is 2.75. The van der Waals surface area contributed by atoms with Gasteiger partial charge in [0.1, 0.15) is 7.14 Å². The monoisotopic (exact) mass is 368 g/mol. The third-order valence-electron chi connectivity index (χ3n) is 4.90. The van der Waals surface area contributed by atoms with E-state index in [9.17, 15) is 4.57 Å². The molecular formula is C25H21OP. The molecule has 1 unspecified atom stereocenters. The molecular weight excluding hydrogens is 347 g/mol. The Hall–Kier alpha value is -2.89. The Kier molecular flexibility index (Phi) is 4.79. The van der Waals surface area contributed by atoms with E-state index in [1.807, 2.05) is 85.5 Å². The lowest BCUT2D eigenvalue weighted by Crippen LogP contribution is -2.17. The lowest BCUT2D eigenvalue weighted by Gasteiger charge is -2.21. The third kappa shape index (κ3) is 3.39. The van der Waals surface area contributed by atoms with Gasteiger partial charge in [-0.05, 0) is 23.4 Å². The lowest BCUT2D eigenvalue weighted by atomic mass is 9.94. The van der Waals surface area contributed by atoms with Gasteiger partial charge in [0.2, 0.25) is 0 Å². The Morgan fingerprint density at radius 2 is 1.07 bits per heavy atom. The third-order valence-corrected chi connectivity index (χ3v) is 7.47. The van der Waals surface area contributed by atoms with Crippen LogP contribution in [-0.4, -0.2) is 6.66 Å². The Labute approximate surface area is 160 Å². The van der Waals surface area contributed by atoms with Gasteiger partial charge in [-0.15, -0.1) is 0 Å². The quantitative estimate of drug-likeness (QED) is 0.406. The number of hydrogen-bond donors (Lipinski definition) is 0. The van der Waals surface area contributed by atoms with Gasteiger partial charge in [0.25, 0.3) is 0 Å². The fraction of sp³-hybridized carbons (Fsp3) is 0.0400. The number of benzene rings is 4. The van der Waals surface area contributed by atoms with Crippen LogP contribution in [0.3, 0.4) is 0 Å². The second kappa shape index (κ2) is 7.39. The highest BCUT2D eigenvalue weighted by atomic mass is 31.2. The van der Waals surface area contributed by atoms with Crippen molar-refractivity contribution in [3.63, 3.8) is 0 Å². The maximum absolute atomic E-state index is 14.0. The Morgan fingerprint density at radius 1 is 0.556 bits per heavy atom. The van der Waals surface area contributed by atoms with E-state index in [2.05, 4.69) is 30.3 Å². The minimum absolute atomic E-state index is 0.882. The first-order valence-electron chi connectivity index (χ1n) is 9.05. The molecule has 0 aliphatic heterocycles. The first kappa shape index (κ1) is 17.5. The minimum atomic E-state index is -2.75. The summed E-state index contributed by atoms with van der Waals surface area (Å²) in [5, 5.41) is 1.79. The van der Waals surface area contributed by atoms with Gasteiger partial charge >= 0.3 is 0 Å². The summed E-state index contributed by atoms with van der Waals surface area (Å²) in [6, 6.07) is 36.5. The SMILES string of the molecule is CP(=O)(c1ccccc1)c1cccc(-c2ccccc2)c1-c1ccccc1. The number of rotatable bonds is 4. The van der Waals surface area contributed by atoms with Crippen LogP contribution in [0.5, 0.6) is 0 Å². The molecule has 0 amide bonds. The summed E-state index contributed by atoms with van der Waals surface area (Å²) in [4.78, 5) is 0. The molecule has 0 N–H and O–H groups in total. The molecule has 0 aliphatic carbocycles. The molecule has 4 aromatic carbocycles. The minimum Gasteiger partial charge on any atom is -0.314 e. The lowest BCUT2D eigenvalue weighted by molar-refractivity contribution is 0.590. The first-order valence-corrected chi connectivity index (χ1v) is 11.2. The molecule has 2 heteroatoms. The zero-order chi connectivity index (χ0) is 18.7. The molecule has 0 fully saturated rings. The van der Waals surface area contributed by atoms with Crippen LogP contribution >= 0.6 is 7.14 Å². The summed E-state index contributed by atoms with van der Waals surface area (Å²) in [6.07, 6.45) is 0. The van der Waals surface area contributed by atoms with Crippen molar-refractivity contribution in [1.82, 2.24) is 0 Å². The number of hydrogen-bond acceptors (Lipinski definition) is 1. The molecule has 0 heterocycles. The molecule has 4 aromatic rings. The molecule has 4 rings (SSSR count). The molecule has 0 aliphatic rings. The fourth-order valence-electron chi connectivity index (χ4n) is 3.51. The summed E-state index contributed by atoms with van der Waals surface area (Å²) in [6.45, 7) is 1.87. The van der Waals surface area contributed by atoms with Crippen LogP contribution in [0.25, 0.3) is 22.3 Å². The normalized spacial score (nSPS) is 13.1. The van der Waals surface area contributed by atoms with Gasteiger partial charge in [-0.1, -0.05) is 109 Å². The highest BCUT2D eigenvalue weighted by Gasteiger charge is 2.26.